The molecule has 0 fully saturated rings. The normalized spacial score (nSPS) is 17.0. The first kappa shape index (κ1) is 15.6. The van der Waals surface area contributed by atoms with E-state index in [-0.39, 0.29) is 12.2 Å². The molecule has 0 aromatic heterocycles. The highest BCUT2D eigenvalue weighted by molar-refractivity contribution is 8.00. The SMILES string of the molecule is COc1ccc2c(c1)SC(C(=O)O)CC(c1ccc(F)cc1)=N2. The summed E-state index contributed by atoms with van der Waals surface area (Å²) in [7, 11) is 1.56. The Labute approximate surface area is 137 Å². The summed E-state index contributed by atoms with van der Waals surface area (Å²) in [6.07, 6.45) is 0.266. The van der Waals surface area contributed by atoms with Crippen molar-refractivity contribution >= 4 is 29.1 Å². The number of aliphatic imine (C=N–C) groups is 1. The molecule has 2 aromatic carbocycles. The van der Waals surface area contributed by atoms with Crippen molar-refractivity contribution in [3.8, 4) is 5.75 Å². The number of rotatable bonds is 3. The fourth-order valence-corrected chi connectivity index (χ4v) is 3.40. The zero-order chi connectivity index (χ0) is 16.4. The Kier molecular flexibility index (Phi) is 4.34. The Balaban J connectivity index is 2.08. The van der Waals surface area contributed by atoms with Crippen LogP contribution in [0.15, 0.2) is 52.4 Å². The minimum absolute atomic E-state index is 0.266. The molecule has 0 bridgehead atoms. The smallest absolute Gasteiger partial charge is 0.317 e. The minimum Gasteiger partial charge on any atom is -0.497 e. The summed E-state index contributed by atoms with van der Waals surface area (Å²) >= 11 is 1.25. The Bertz CT molecular complexity index is 774. The molecular formula is C17H14FNO3S. The number of hydrogen-bond donors (Lipinski definition) is 1. The van der Waals surface area contributed by atoms with Crippen molar-refractivity contribution in [3.05, 3.63) is 53.8 Å². The molecule has 23 heavy (non-hydrogen) atoms. The molecule has 0 saturated carbocycles. The van der Waals surface area contributed by atoms with Gasteiger partial charge in [-0.3, -0.25) is 9.79 Å². The average molecular weight is 331 g/mol. The number of hydrogen-bond acceptors (Lipinski definition) is 4. The number of ether oxygens (including phenoxy) is 1. The van der Waals surface area contributed by atoms with Crippen LogP contribution in [0, 0.1) is 5.82 Å². The fourth-order valence-electron chi connectivity index (χ4n) is 2.33. The summed E-state index contributed by atoms with van der Waals surface area (Å²) in [5, 5.41) is 8.80. The molecule has 0 aliphatic carbocycles. The molecule has 0 saturated heterocycles. The number of carbonyl (C=O) groups is 1. The number of nitrogens with zero attached hydrogens (tertiary/aromatic N) is 1. The third-order valence-corrected chi connectivity index (χ3v) is 4.76. The minimum atomic E-state index is -0.902. The fraction of sp³-hybridized carbons (Fsp3) is 0.176. The quantitative estimate of drug-likeness (QED) is 0.926. The van der Waals surface area contributed by atoms with Gasteiger partial charge in [0.05, 0.1) is 18.5 Å². The van der Waals surface area contributed by atoms with Crippen molar-refractivity contribution < 1.29 is 19.0 Å². The van der Waals surface area contributed by atoms with Crippen LogP contribution in [0.25, 0.3) is 0 Å². The summed E-state index contributed by atoms with van der Waals surface area (Å²) in [6, 6.07) is 11.3. The van der Waals surface area contributed by atoms with Gasteiger partial charge in [-0.25, -0.2) is 4.39 Å². The van der Waals surface area contributed by atoms with Crippen LogP contribution in [-0.2, 0) is 4.79 Å². The first-order valence-corrected chi connectivity index (χ1v) is 7.86. The summed E-state index contributed by atoms with van der Waals surface area (Å²) in [5.41, 5.74) is 2.05. The second-order valence-electron chi connectivity index (χ2n) is 5.05. The number of thioether (sulfide) groups is 1. The van der Waals surface area contributed by atoms with E-state index in [1.165, 1.54) is 23.9 Å². The van der Waals surface area contributed by atoms with Gasteiger partial charge in [0.25, 0.3) is 0 Å². The monoisotopic (exact) mass is 331 g/mol. The van der Waals surface area contributed by atoms with E-state index in [4.69, 9.17) is 4.74 Å². The van der Waals surface area contributed by atoms with Crippen LogP contribution in [0.1, 0.15) is 12.0 Å². The molecule has 1 aliphatic heterocycles. The highest BCUT2D eigenvalue weighted by Crippen LogP contribution is 2.40. The van der Waals surface area contributed by atoms with E-state index in [1.807, 2.05) is 0 Å². The van der Waals surface area contributed by atoms with Crippen molar-refractivity contribution in [2.45, 2.75) is 16.6 Å². The molecule has 118 valence electrons. The van der Waals surface area contributed by atoms with Crippen molar-refractivity contribution in [2.75, 3.05) is 7.11 Å². The molecular weight excluding hydrogens is 317 g/mol. The Morgan fingerprint density at radius 3 is 2.70 bits per heavy atom. The van der Waals surface area contributed by atoms with Crippen molar-refractivity contribution in [2.24, 2.45) is 4.99 Å². The highest BCUT2D eigenvalue weighted by Gasteiger charge is 2.26. The number of carboxylic acid groups (broad SMARTS) is 1. The molecule has 3 rings (SSSR count). The van der Waals surface area contributed by atoms with Crippen molar-refractivity contribution in [1.29, 1.82) is 0 Å². The summed E-state index contributed by atoms with van der Waals surface area (Å²) in [6.45, 7) is 0. The van der Waals surface area contributed by atoms with Crippen LogP contribution < -0.4 is 4.74 Å². The number of aliphatic carboxylic acids is 1. The maximum absolute atomic E-state index is 13.1. The van der Waals surface area contributed by atoms with E-state index in [2.05, 4.69) is 4.99 Å². The van der Waals surface area contributed by atoms with E-state index in [0.717, 1.165) is 10.5 Å². The first-order valence-electron chi connectivity index (χ1n) is 6.98. The standard InChI is InChI=1S/C17H14FNO3S/c1-22-12-6-7-13-15(8-12)23-16(17(20)21)9-14(19-13)10-2-4-11(18)5-3-10/h2-8,16H,9H2,1H3,(H,20,21). The van der Waals surface area contributed by atoms with Gasteiger partial charge in [-0.05, 0) is 35.9 Å². The lowest BCUT2D eigenvalue weighted by Gasteiger charge is -2.11. The molecule has 1 heterocycles. The molecule has 1 aliphatic rings. The van der Waals surface area contributed by atoms with E-state index in [0.29, 0.717) is 17.1 Å². The Hall–Kier alpha value is -2.34. The molecule has 2 aromatic rings. The molecule has 0 spiro atoms. The van der Waals surface area contributed by atoms with Crippen LogP contribution in [0.4, 0.5) is 10.1 Å². The lowest BCUT2D eigenvalue weighted by atomic mass is 10.1. The van der Waals surface area contributed by atoms with Crippen LogP contribution in [0.2, 0.25) is 0 Å². The number of carboxylic acids is 1. The first-order chi connectivity index (χ1) is 11.1. The molecule has 6 heteroatoms. The maximum Gasteiger partial charge on any atom is 0.317 e. The second kappa shape index (κ2) is 6.42. The van der Waals surface area contributed by atoms with E-state index in [9.17, 15) is 14.3 Å². The Morgan fingerprint density at radius 1 is 1.30 bits per heavy atom. The summed E-state index contributed by atoms with van der Waals surface area (Å²) in [5.74, 6) is -0.585. The van der Waals surface area contributed by atoms with Gasteiger partial charge in [-0.15, -0.1) is 11.8 Å². The lowest BCUT2D eigenvalue weighted by Crippen LogP contribution is -2.20. The van der Waals surface area contributed by atoms with Gasteiger partial charge in [0.1, 0.15) is 16.8 Å². The van der Waals surface area contributed by atoms with Gasteiger partial charge >= 0.3 is 5.97 Å². The number of benzene rings is 2. The number of fused-ring (bicyclic) bond motifs is 1. The predicted octanol–water partition coefficient (Wildman–Crippen LogP) is 3.90. The number of halogens is 1. The zero-order valence-electron chi connectivity index (χ0n) is 12.3. The predicted molar refractivity (Wildman–Crippen MR) is 87.5 cm³/mol. The third kappa shape index (κ3) is 3.37. The van der Waals surface area contributed by atoms with E-state index in [1.54, 1.807) is 37.4 Å². The molecule has 1 unspecified atom stereocenters. The Morgan fingerprint density at radius 2 is 2.04 bits per heavy atom. The lowest BCUT2D eigenvalue weighted by molar-refractivity contribution is -0.136. The molecule has 1 N–H and O–H groups in total. The van der Waals surface area contributed by atoms with Crippen molar-refractivity contribution in [1.82, 2.24) is 0 Å². The van der Waals surface area contributed by atoms with Crippen LogP contribution in [-0.4, -0.2) is 29.1 Å². The zero-order valence-corrected chi connectivity index (χ0v) is 13.1. The second-order valence-corrected chi connectivity index (χ2v) is 6.29. The van der Waals surface area contributed by atoms with Crippen molar-refractivity contribution in [3.63, 3.8) is 0 Å². The third-order valence-electron chi connectivity index (χ3n) is 3.52. The van der Waals surface area contributed by atoms with Gasteiger partial charge in [-0.1, -0.05) is 12.1 Å². The molecule has 0 radical (unpaired) electrons. The van der Waals surface area contributed by atoms with Crippen LogP contribution in [0.3, 0.4) is 0 Å². The van der Waals surface area contributed by atoms with Crippen LogP contribution in [0.5, 0.6) is 5.75 Å². The molecule has 4 nitrogen and oxygen atoms in total. The largest absolute Gasteiger partial charge is 0.497 e. The maximum atomic E-state index is 13.1. The average Bonchev–Trinajstić information content (AvgIpc) is 2.74. The van der Waals surface area contributed by atoms with Gasteiger partial charge < -0.3 is 9.84 Å². The van der Waals surface area contributed by atoms with Gasteiger partial charge in [-0.2, -0.15) is 0 Å². The van der Waals surface area contributed by atoms with E-state index >= 15 is 0 Å². The topological polar surface area (TPSA) is 58.9 Å². The van der Waals surface area contributed by atoms with Gasteiger partial charge in [0, 0.05) is 11.3 Å². The number of methoxy groups -OCH3 is 1. The van der Waals surface area contributed by atoms with Crippen LogP contribution >= 0.6 is 11.8 Å². The molecule has 0 amide bonds. The van der Waals surface area contributed by atoms with Gasteiger partial charge in [0.2, 0.25) is 0 Å². The van der Waals surface area contributed by atoms with E-state index < -0.39 is 11.2 Å². The van der Waals surface area contributed by atoms with Gasteiger partial charge in [0.15, 0.2) is 0 Å². The summed E-state index contributed by atoms with van der Waals surface area (Å²) < 4.78 is 18.3. The summed E-state index contributed by atoms with van der Waals surface area (Å²) in [4.78, 5) is 16.9. The highest BCUT2D eigenvalue weighted by atomic mass is 32.2. The molecule has 1 atom stereocenters.